The van der Waals surface area contributed by atoms with Crippen molar-refractivity contribution < 1.29 is 14.2 Å². The lowest BCUT2D eigenvalue weighted by molar-refractivity contribution is 0.0644. The van der Waals surface area contributed by atoms with Gasteiger partial charge < -0.3 is 19.5 Å². The Hall–Kier alpha value is -1.17. The molecule has 0 aliphatic carbocycles. The highest BCUT2D eigenvalue weighted by Gasteiger charge is 2.02. The van der Waals surface area contributed by atoms with Gasteiger partial charge in [0.2, 0.25) is 0 Å². The lowest BCUT2D eigenvalue weighted by atomic mass is 10.2. The molecule has 0 unspecified atom stereocenters. The molecule has 1 rings (SSSR count). The van der Waals surface area contributed by atoms with E-state index in [9.17, 15) is 0 Å². The molecule has 18 heavy (non-hydrogen) atoms. The molecule has 0 amide bonds. The third kappa shape index (κ3) is 5.95. The van der Waals surface area contributed by atoms with Gasteiger partial charge in [0.1, 0.15) is 5.75 Å². The van der Waals surface area contributed by atoms with Gasteiger partial charge in [-0.1, -0.05) is 0 Å². The zero-order chi connectivity index (χ0) is 13.1. The summed E-state index contributed by atoms with van der Waals surface area (Å²) in [4.78, 5) is 4.08. The minimum absolute atomic E-state index is 0.636. The average molecular weight is 254 g/mol. The molecule has 0 aliphatic heterocycles. The summed E-state index contributed by atoms with van der Waals surface area (Å²) in [6.07, 6.45) is 4.43. The zero-order valence-electron chi connectivity index (χ0n) is 11.1. The number of rotatable bonds is 10. The molecule has 0 saturated heterocycles. The Labute approximate surface area is 108 Å². The molecular formula is C13H22N2O3. The normalized spacial score (nSPS) is 10.6. The molecular weight excluding hydrogens is 232 g/mol. The van der Waals surface area contributed by atoms with E-state index < -0.39 is 0 Å². The van der Waals surface area contributed by atoms with Crippen LogP contribution in [0.2, 0.25) is 0 Å². The number of hydrogen-bond donors (Lipinski definition) is 1. The maximum Gasteiger partial charge on any atom is 0.126 e. The predicted octanol–water partition coefficient (Wildman–Crippen LogP) is 1.23. The molecule has 0 atom stereocenters. The van der Waals surface area contributed by atoms with E-state index in [2.05, 4.69) is 10.3 Å². The van der Waals surface area contributed by atoms with Gasteiger partial charge in [-0.05, 0) is 13.1 Å². The van der Waals surface area contributed by atoms with Gasteiger partial charge in [-0.2, -0.15) is 0 Å². The number of methoxy groups -OCH3 is 1. The lowest BCUT2D eigenvalue weighted by Gasteiger charge is -2.10. The Kier molecular flexibility index (Phi) is 8.12. The second-order valence-electron chi connectivity index (χ2n) is 3.82. The van der Waals surface area contributed by atoms with Gasteiger partial charge in [-0.25, -0.2) is 0 Å². The van der Waals surface area contributed by atoms with Crippen molar-refractivity contribution in [2.24, 2.45) is 0 Å². The Balaban J connectivity index is 2.18. The first kappa shape index (κ1) is 14.9. The summed E-state index contributed by atoms with van der Waals surface area (Å²) in [6, 6.07) is 1.89. The van der Waals surface area contributed by atoms with Gasteiger partial charge in [-0.3, -0.25) is 4.98 Å². The maximum atomic E-state index is 5.70. The maximum absolute atomic E-state index is 5.70. The Morgan fingerprint density at radius 1 is 1.22 bits per heavy atom. The summed E-state index contributed by atoms with van der Waals surface area (Å²) in [6.45, 7) is 3.37. The molecule has 1 N–H and O–H groups in total. The van der Waals surface area contributed by atoms with Crippen LogP contribution >= 0.6 is 0 Å². The van der Waals surface area contributed by atoms with Crippen LogP contribution in [-0.4, -0.2) is 45.6 Å². The minimum Gasteiger partial charge on any atom is -0.493 e. The summed E-state index contributed by atoms with van der Waals surface area (Å²) >= 11 is 0. The highest BCUT2D eigenvalue weighted by Crippen LogP contribution is 2.16. The molecule has 0 radical (unpaired) electrons. The van der Waals surface area contributed by atoms with Crippen LogP contribution in [0.5, 0.6) is 5.75 Å². The van der Waals surface area contributed by atoms with Gasteiger partial charge in [0.25, 0.3) is 0 Å². The first-order valence-electron chi connectivity index (χ1n) is 6.15. The summed E-state index contributed by atoms with van der Waals surface area (Å²) in [7, 11) is 3.57. The van der Waals surface area contributed by atoms with Crippen molar-refractivity contribution in [3.63, 3.8) is 0 Å². The first-order valence-corrected chi connectivity index (χ1v) is 6.15. The van der Waals surface area contributed by atoms with Crippen LogP contribution in [0.1, 0.15) is 12.0 Å². The molecule has 0 aromatic carbocycles. The highest BCUT2D eigenvalue weighted by molar-refractivity contribution is 5.29. The molecule has 1 aromatic heterocycles. The van der Waals surface area contributed by atoms with Crippen LogP contribution in [0, 0.1) is 0 Å². The van der Waals surface area contributed by atoms with E-state index in [1.807, 2.05) is 19.3 Å². The van der Waals surface area contributed by atoms with E-state index in [-0.39, 0.29) is 0 Å². The Morgan fingerprint density at radius 2 is 2.11 bits per heavy atom. The van der Waals surface area contributed by atoms with Gasteiger partial charge in [0, 0.05) is 44.6 Å². The smallest absolute Gasteiger partial charge is 0.126 e. The van der Waals surface area contributed by atoms with Crippen molar-refractivity contribution in [2.45, 2.75) is 13.0 Å². The monoisotopic (exact) mass is 254 g/mol. The van der Waals surface area contributed by atoms with Crippen molar-refractivity contribution in [2.75, 3.05) is 40.6 Å². The van der Waals surface area contributed by atoms with Crippen LogP contribution in [0.25, 0.3) is 0 Å². The van der Waals surface area contributed by atoms with E-state index in [1.165, 1.54) is 0 Å². The van der Waals surface area contributed by atoms with Crippen molar-refractivity contribution in [1.29, 1.82) is 0 Å². The number of pyridine rings is 1. The highest BCUT2D eigenvalue weighted by atomic mass is 16.5. The number of hydrogen-bond acceptors (Lipinski definition) is 5. The number of nitrogens with zero attached hydrogens (tertiary/aromatic N) is 1. The largest absolute Gasteiger partial charge is 0.493 e. The molecule has 0 saturated carbocycles. The van der Waals surface area contributed by atoms with Gasteiger partial charge in [0.05, 0.1) is 19.8 Å². The van der Waals surface area contributed by atoms with E-state index in [0.29, 0.717) is 26.4 Å². The first-order chi connectivity index (χ1) is 8.88. The molecule has 102 valence electrons. The quantitative estimate of drug-likeness (QED) is 0.637. The molecule has 0 aliphatic rings. The SMILES string of the molecule is CNCc1cnccc1OCCCOCCOC. The van der Waals surface area contributed by atoms with Gasteiger partial charge in [-0.15, -0.1) is 0 Å². The topological polar surface area (TPSA) is 52.6 Å². The Morgan fingerprint density at radius 3 is 2.89 bits per heavy atom. The summed E-state index contributed by atoms with van der Waals surface area (Å²) in [5.74, 6) is 0.885. The molecule has 5 nitrogen and oxygen atoms in total. The minimum atomic E-state index is 0.636. The number of nitrogens with one attached hydrogen (secondary N) is 1. The molecule has 5 heteroatoms. The third-order valence-electron chi connectivity index (χ3n) is 2.35. The third-order valence-corrected chi connectivity index (χ3v) is 2.35. The van der Waals surface area contributed by atoms with Crippen LogP contribution in [0.4, 0.5) is 0 Å². The summed E-state index contributed by atoms with van der Waals surface area (Å²) in [5, 5.41) is 3.09. The van der Waals surface area contributed by atoms with E-state index in [4.69, 9.17) is 14.2 Å². The van der Waals surface area contributed by atoms with Crippen molar-refractivity contribution in [1.82, 2.24) is 10.3 Å². The van der Waals surface area contributed by atoms with Crippen molar-refractivity contribution in [3.05, 3.63) is 24.0 Å². The van der Waals surface area contributed by atoms with Crippen molar-refractivity contribution >= 4 is 0 Å². The predicted molar refractivity (Wildman–Crippen MR) is 69.8 cm³/mol. The van der Waals surface area contributed by atoms with Gasteiger partial charge >= 0.3 is 0 Å². The lowest BCUT2D eigenvalue weighted by Crippen LogP contribution is -2.10. The second kappa shape index (κ2) is 9.82. The fraction of sp³-hybridized carbons (Fsp3) is 0.615. The van der Waals surface area contributed by atoms with Gasteiger partial charge in [0.15, 0.2) is 0 Å². The zero-order valence-corrected chi connectivity index (χ0v) is 11.1. The van der Waals surface area contributed by atoms with Crippen LogP contribution in [0.3, 0.4) is 0 Å². The fourth-order valence-corrected chi connectivity index (χ4v) is 1.47. The standard InChI is InChI=1S/C13H22N2O3/c1-14-10-12-11-15-5-4-13(12)18-7-3-6-17-9-8-16-2/h4-5,11,14H,3,6-10H2,1-2H3. The molecule has 0 bridgehead atoms. The van der Waals surface area contributed by atoms with Crippen LogP contribution in [-0.2, 0) is 16.0 Å². The Bertz CT molecular complexity index is 321. The number of ether oxygens (including phenoxy) is 3. The number of aromatic nitrogens is 1. The van der Waals surface area contributed by atoms with E-state index in [0.717, 1.165) is 24.3 Å². The average Bonchev–Trinajstić information content (AvgIpc) is 2.40. The second-order valence-corrected chi connectivity index (χ2v) is 3.82. The van der Waals surface area contributed by atoms with Crippen molar-refractivity contribution in [3.8, 4) is 5.75 Å². The summed E-state index contributed by atoms with van der Waals surface area (Å²) < 4.78 is 16.0. The van der Waals surface area contributed by atoms with Crippen LogP contribution < -0.4 is 10.1 Å². The van der Waals surface area contributed by atoms with Crippen LogP contribution in [0.15, 0.2) is 18.5 Å². The summed E-state index contributed by atoms with van der Waals surface area (Å²) in [5.41, 5.74) is 1.07. The van der Waals surface area contributed by atoms with E-state index >= 15 is 0 Å². The molecule has 1 aromatic rings. The molecule has 1 heterocycles. The molecule has 0 spiro atoms. The molecule has 0 fully saturated rings. The fourth-order valence-electron chi connectivity index (χ4n) is 1.47. The van der Waals surface area contributed by atoms with E-state index in [1.54, 1.807) is 13.3 Å².